The molecule has 2 aromatic carbocycles. The topological polar surface area (TPSA) is 55.8 Å². The van der Waals surface area contributed by atoms with E-state index in [-0.39, 0.29) is 25.5 Å². The van der Waals surface area contributed by atoms with E-state index in [0.717, 1.165) is 12.1 Å². The minimum Gasteiger partial charge on any atom is -0.489 e. The molecule has 1 amide bonds. The number of nitrogens with zero attached hydrogens (tertiary/aromatic N) is 1. The van der Waals surface area contributed by atoms with Crippen LogP contribution in [0.2, 0.25) is 0 Å². The molecule has 1 aliphatic heterocycles. The Hall–Kier alpha value is -2.96. The fourth-order valence-electron chi connectivity index (χ4n) is 2.80. The van der Waals surface area contributed by atoms with Crippen molar-refractivity contribution in [2.75, 3.05) is 18.6 Å². The number of hydrogen-bond acceptors (Lipinski definition) is 4. The molecule has 0 spiro atoms. The highest BCUT2D eigenvalue weighted by Gasteiger charge is 2.35. The number of hydrogen-bond donors (Lipinski definition) is 0. The van der Waals surface area contributed by atoms with Gasteiger partial charge in [0.1, 0.15) is 12.4 Å². The summed E-state index contributed by atoms with van der Waals surface area (Å²) < 4.78 is 36.3. The Morgan fingerprint density at radius 3 is 2.54 bits per heavy atom. The van der Waals surface area contributed by atoms with Gasteiger partial charge in [-0.15, -0.1) is 0 Å². The van der Waals surface area contributed by atoms with Gasteiger partial charge in [-0.05, 0) is 42.0 Å². The van der Waals surface area contributed by atoms with Crippen LogP contribution in [0.4, 0.5) is 14.5 Å². The zero-order valence-electron chi connectivity index (χ0n) is 14.1. The molecule has 3 rings (SSSR count). The number of carbonyl (C=O) groups excluding carboxylic acids is 2. The first-order valence-corrected chi connectivity index (χ1v) is 8.03. The van der Waals surface area contributed by atoms with Crippen LogP contribution < -0.4 is 9.64 Å². The number of methoxy groups -OCH3 is 1. The number of amides is 1. The fraction of sp³-hybridized carbons (Fsp3) is 0.263. The molecule has 0 aliphatic carbocycles. The Bertz CT molecular complexity index is 823. The Morgan fingerprint density at radius 1 is 1.15 bits per heavy atom. The summed E-state index contributed by atoms with van der Waals surface area (Å²) in [5, 5.41) is 0. The van der Waals surface area contributed by atoms with Crippen molar-refractivity contribution in [2.45, 2.75) is 13.0 Å². The summed E-state index contributed by atoms with van der Waals surface area (Å²) >= 11 is 0. The minimum atomic E-state index is -0.922. The summed E-state index contributed by atoms with van der Waals surface area (Å²) in [6.45, 7) is 0.365. The third kappa shape index (κ3) is 3.82. The second-order valence-corrected chi connectivity index (χ2v) is 5.96. The first-order chi connectivity index (χ1) is 12.5. The van der Waals surface area contributed by atoms with E-state index in [1.54, 1.807) is 24.3 Å². The van der Waals surface area contributed by atoms with Crippen LogP contribution in [-0.2, 0) is 20.9 Å². The van der Waals surface area contributed by atoms with Crippen molar-refractivity contribution < 1.29 is 27.8 Å². The highest BCUT2D eigenvalue weighted by atomic mass is 19.2. The summed E-state index contributed by atoms with van der Waals surface area (Å²) in [7, 11) is 1.30. The molecule has 1 saturated heterocycles. The van der Waals surface area contributed by atoms with Crippen LogP contribution in [0, 0.1) is 17.6 Å². The fourth-order valence-corrected chi connectivity index (χ4v) is 2.80. The van der Waals surface area contributed by atoms with Crippen molar-refractivity contribution >= 4 is 17.6 Å². The van der Waals surface area contributed by atoms with E-state index in [9.17, 15) is 18.4 Å². The van der Waals surface area contributed by atoms with Gasteiger partial charge in [-0.25, -0.2) is 8.78 Å². The molecule has 1 heterocycles. The van der Waals surface area contributed by atoms with E-state index in [4.69, 9.17) is 4.74 Å². The van der Waals surface area contributed by atoms with Crippen LogP contribution in [-0.4, -0.2) is 25.5 Å². The van der Waals surface area contributed by atoms with Crippen molar-refractivity contribution in [1.82, 2.24) is 0 Å². The Balaban J connectivity index is 1.62. The second kappa shape index (κ2) is 7.51. The molecule has 0 bridgehead atoms. The normalized spacial score (nSPS) is 16.7. The molecule has 1 aliphatic rings. The van der Waals surface area contributed by atoms with Gasteiger partial charge in [0.2, 0.25) is 5.91 Å². The Labute approximate surface area is 149 Å². The van der Waals surface area contributed by atoms with Gasteiger partial charge in [-0.1, -0.05) is 6.07 Å². The van der Waals surface area contributed by atoms with Crippen LogP contribution >= 0.6 is 0 Å². The molecule has 26 heavy (non-hydrogen) atoms. The van der Waals surface area contributed by atoms with Gasteiger partial charge in [0.15, 0.2) is 11.6 Å². The number of carbonyl (C=O) groups is 2. The highest BCUT2D eigenvalue weighted by molar-refractivity contribution is 5.99. The summed E-state index contributed by atoms with van der Waals surface area (Å²) in [6, 6.07) is 10.3. The van der Waals surface area contributed by atoms with Crippen LogP contribution in [0.15, 0.2) is 42.5 Å². The summed E-state index contributed by atoms with van der Waals surface area (Å²) in [5.74, 6) is -2.30. The summed E-state index contributed by atoms with van der Waals surface area (Å²) in [4.78, 5) is 25.2. The van der Waals surface area contributed by atoms with Crippen LogP contribution in [0.25, 0.3) is 0 Å². The van der Waals surface area contributed by atoms with Gasteiger partial charge in [0.05, 0.1) is 13.0 Å². The van der Waals surface area contributed by atoms with Gasteiger partial charge in [0, 0.05) is 18.7 Å². The molecule has 0 unspecified atom stereocenters. The number of ether oxygens (including phenoxy) is 2. The maximum atomic E-state index is 13.2. The van der Waals surface area contributed by atoms with Crippen molar-refractivity contribution in [3.8, 4) is 5.75 Å². The predicted molar refractivity (Wildman–Crippen MR) is 89.6 cm³/mol. The number of benzene rings is 2. The van der Waals surface area contributed by atoms with E-state index in [0.29, 0.717) is 17.0 Å². The monoisotopic (exact) mass is 361 g/mol. The van der Waals surface area contributed by atoms with Crippen molar-refractivity contribution in [3.05, 3.63) is 59.7 Å². The lowest BCUT2D eigenvalue weighted by Gasteiger charge is -2.17. The van der Waals surface area contributed by atoms with Crippen molar-refractivity contribution in [3.63, 3.8) is 0 Å². The van der Waals surface area contributed by atoms with E-state index >= 15 is 0 Å². The number of halogens is 2. The lowest BCUT2D eigenvalue weighted by atomic mass is 10.1. The third-order valence-corrected chi connectivity index (χ3v) is 4.20. The quantitative estimate of drug-likeness (QED) is 0.768. The molecule has 1 fully saturated rings. The average molecular weight is 361 g/mol. The maximum Gasteiger partial charge on any atom is 0.311 e. The van der Waals surface area contributed by atoms with E-state index in [2.05, 4.69) is 4.74 Å². The molecule has 0 saturated carbocycles. The molecule has 0 radical (unpaired) electrons. The number of anilines is 1. The van der Waals surface area contributed by atoms with E-state index in [1.165, 1.54) is 18.1 Å². The summed E-state index contributed by atoms with van der Waals surface area (Å²) in [5.41, 5.74) is 1.16. The first-order valence-electron chi connectivity index (χ1n) is 8.03. The van der Waals surface area contributed by atoms with Gasteiger partial charge >= 0.3 is 5.97 Å². The van der Waals surface area contributed by atoms with Crippen LogP contribution in [0.1, 0.15) is 12.0 Å². The Morgan fingerprint density at radius 2 is 1.88 bits per heavy atom. The van der Waals surface area contributed by atoms with Crippen molar-refractivity contribution in [1.29, 1.82) is 0 Å². The molecule has 1 atom stereocenters. The molecular weight excluding hydrogens is 344 g/mol. The SMILES string of the molecule is COC(=O)[C@H]1CC(=O)N(c2ccc(OCc3ccc(F)c(F)c3)cc2)C1. The molecule has 7 heteroatoms. The molecule has 136 valence electrons. The molecular formula is C19H17F2NO4. The third-order valence-electron chi connectivity index (χ3n) is 4.20. The number of esters is 1. The lowest BCUT2D eigenvalue weighted by Crippen LogP contribution is -2.26. The van der Waals surface area contributed by atoms with Crippen LogP contribution in [0.3, 0.4) is 0 Å². The van der Waals surface area contributed by atoms with Gasteiger partial charge in [-0.3, -0.25) is 9.59 Å². The lowest BCUT2D eigenvalue weighted by molar-refractivity contribution is -0.145. The first kappa shape index (κ1) is 17.8. The van der Waals surface area contributed by atoms with Gasteiger partial charge in [-0.2, -0.15) is 0 Å². The van der Waals surface area contributed by atoms with Gasteiger partial charge < -0.3 is 14.4 Å². The van der Waals surface area contributed by atoms with Crippen molar-refractivity contribution in [2.24, 2.45) is 5.92 Å². The largest absolute Gasteiger partial charge is 0.489 e. The van der Waals surface area contributed by atoms with Gasteiger partial charge in [0.25, 0.3) is 0 Å². The molecule has 2 aromatic rings. The smallest absolute Gasteiger partial charge is 0.311 e. The van der Waals surface area contributed by atoms with Crippen LogP contribution in [0.5, 0.6) is 5.75 Å². The Kier molecular flexibility index (Phi) is 5.16. The molecule has 5 nitrogen and oxygen atoms in total. The zero-order chi connectivity index (χ0) is 18.7. The van der Waals surface area contributed by atoms with E-state index in [1.807, 2.05) is 0 Å². The standard InChI is InChI=1S/C19H17F2NO4/c1-25-19(24)13-9-18(23)22(10-13)14-3-5-15(6-4-14)26-11-12-2-7-16(20)17(21)8-12/h2-8,13H,9-11H2,1H3/t13-/m0/s1. The predicted octanol–water partition coefficient (Wildman–Crippen LogP) is 3.07. The zero-order valence-corrected chi connectivity index (χ0v) is 14.1. The highest BCUT2D eigenvalue weighted by Crippen LogP contribution is 2.27. The minimum absolute atomic E-state index is 0.0869. The maximum absolute atomic E-state index is 13.2. The molecule has 0 aromatic heterocycles. The molecule has 0 N–H and O–H groups in total. The second-order valence-electron chi connectivity index (χ2n) is 5.96. The average Bonchev–Trinajstić information content (AvgIpc) is 3.04. The summed E-state index contributed by atoms with van der Waals surface area (Å²) in [6.07, 6.45) is 0.126. The number of rotatable bonds is 5. The van der Waals surface area contributed by atoms with E-state index < -0.39 is 23.5 Å².